The zero-order valence-corrected chi connectivity index (χ0v) is 11.6. The summed E-state index contributed by atoms with van der Waals surface area (Å²) >= 11 is 0. The van der Waals surface area contributed by atoms with Gasteiger partial charge in [0.2, 0.25) is 0 Å². The Balaban J connectivity index is 1.80. The van der Waals surface area contributed by atoms with Crippen LogP contribution in [-0.4, -0.2) is 10.9 Å². The highest BCUT2D eigenvalue weighted by Gasteiger charge is 2.12. The fourth-order valence-electron chi connectivity index (χ4n) is 1.69. The van der Waals surface area contributed by atoms with E-state index >= 15 is 0 Å². The molecule has 6 nitrogen and oxygen atoms in total. The first kappa shape index (κ1) is 15.4. The molecular formula is C16H14N2O4+. The highest BCUT2D eigenvalue weighted by Crippen LogP contribution is 2.12. The first-order valence-corrected chi connectivity index (χ1v) is 6.55. The van der Waals surface area contributed by atoms with Gasteiger partial charge in [-0.1, -0.05) is 30.3 Å². The summed E-state index contributed by atoms with van der Waals surface area (Å²) < 4.78 is 0. The van der Waals surface area contributed by atoms with Crippen molar-refractivity contribution in [2.75, 3.05) is 0 Å². The minimum Gasteiger partial charge on any atom is -0.258 e. The Morgan fingerprint density at radius 3 is 2.50 bits per heavy atom. The van der Waals surface area contributed by atoms with Crippen LogP contribution in [0.5, 0.6) is 0 Å². The summed E-state index contributed by atoms with van der Waals surface area (Å²) in [6.45, 7) is 0.415. The van der Waals surface area contributed by atoms with Gasteiger partial charge in [0, 0.05) is 12.1 Å². The third kappa shape index (κ3) is 4.84. The van der Waals surface area contributed by atoms with E-state index in [-0.39, 0.29) is 5.69 Å². The van der Waals surface area contributed by atoms with Gasteiger partial charge in [-0.05, 0) is 34.8 Å². The van der Waals surface area contributed by atoms with Gasteiger partial charge in [0.25, 0.3) is 5.69 Å². The number of nitro benzene ring substituents is 1. The Hall–Kier alpha value is -2.99. The highest BCUT2D eigenvalue weighted by atomic mass is 16.7. The van der Waals surface area contributed by atoms with Crippen LogP contribution < -0.4 is 5.48 Å². The molecule has 0 atom stereocenters. The number of nitrogens with one attached hydrogen (secondary N) is 1. The van der Waals surface area contributed by atoms with E-state index in [0.717, 1.165) is 5.56 Å². The van der Waals surface area contributed by atoms with Crippen molar-refractivity contribution >= 4 is 17.7 Å². The maximum absolute atomic E-state index is 11.5. The Morgan fingerprint density at radius 1 is 1.18 bits per heavy atom. The fourth-order valence-corrected chi connectivity index (χ4v) is 1.69. The van der Waals surface area contributed by atoms with Gasteiger partial charge in [-0.25, -0.2) is 0 Å². The standard InChI is InChI=1S/C16H14N2O4/c19-16(22-17-12-14-4-2-1-3-5-14)11-8-13-6-9-15(10-7-13)18(20)21/h1-11,17H,12H2/q+1/b11-8+. The van der Waals surface area contributed by atoms with E-state index in [0.29, 0.717) is 12.1 Å². The van der Waals surface area contributed by atoms with E-state index in [1.54, 1.807) is 12.1 Å². The predicted octanol–water partition coefficient (Wildman–Crippen LogP) is 2.86. The van der Waals surface area contributed by atoms with Crippen LogP contribution in [-0.2, 0) is 16.2 Å². The predicted molar refractivity (Wildman–Crippen MR) is 81.5 cm³/mol. The third-order valence-corrected chi connectivity index (χ3v) is 2.81. The Kier molecular flexibility index (Phi) is 5.39. The number of carbonyl (C=O) groups is 1. The molecule has 2 aromatic rings. The molecular weight excluding hydrogens is 284 g/mol. The topological polar surface area (TPSA) is 84.3 Å². The number of hydrogen-bond donors (Lipinski definition) is 1. The summed E-state index contributed by atoms with van der Waals surface area (Å²) in [5.74, 6) is -0.547. The van der Waals surface area contributed by atoms with Crippen LogP contribution in [0.25, 0.3) is 6.08 Å². The number of benzene rings is 2. The van der Waals surface area contributed by atoms with Crippen LogP contribution in [0.2, 0.25) is 0 Å². The van der Waals surface area contributed by atoms with Crippen molar-refractivity contribution in [1.29, 1.82) is 0 Å². The second kappa shape index (κ2) is 7.70. The molecule has 0 aliphatic rings. The van der Waals surface area contributed by atoms with Gasteiger partial charge < -0.3 is 0 Å². The Bertz CT molecular complexity index is 666. The number of nitro groups is 1. The molecule has 6 heteroatoms. The monoisotopic (exact) mass is 298 g/mol. The van der Waals surface area contributed by atoms with Crippen molar-refractivity contribution in [1.82, 2.24) is 5.48 Å². The van der Waals surface area contributed by atoms with Crippen LogP contribution in [0.15, 0.2) is 60.7 Å². The summed E-state index contributed by atoms with van der Waals surface area (Å²) in [5, 5.41) is 10.5. The molecule has 1 radical (unpaired) electrons. The molecule has 1 N–H and O–H groups in total. The minimum absolute atomic E-state index is 0.00394. The fraction of sp³-hybridized carbons (Fsp3) is 0.0625. The van der Waals surface area contributed by atoms with Crippen molar-refractivity contribution in [3.05, 3.63) is 81.9 Å². The van der Waals surface area contributed by atoms with Gasteiger partial charge in [0.1, 0.15) is 0 Å². The average molecular weight is 298 g/mol. The number of rotatable bonds is 6. The SMILES string of the molecule is O=[N+]([O-])c1ccc(/C=C/C(=[O+])ONCc2ccccc2)cc1. The van der Waals surface area contributed by atoms with Crippen LogP contribution in [0.3, 0.4) is 0 Å². The molecule has 0 saturated carbocycles. The minimum atomic E-state index is -0.547. The third-order valence-electron chi connectivity index (χ3n) is 2.81. The molecule has 2 rings (SSSR count). The first-order valence-electron chi connectivity index (χ1n) is 6.55. The molecule has 0 bridgehead atoms. The summed E-state index contributed by atoms with van der Waals surface area (Å²) in [7, 11) is 0. The van der Waals surface area contributed by atoms with Gasteiger partial charge in [0.15, 0.2) is 0 Å². The lowest BCUT2D eigenvalue weighted by Crippen LogP contribution is -2.17. The molecule has 111 valence electrons. The quantitative estimate of drug-likeness (QED) is 0.383. The molecule has 0 aliphatic heterocycles. The zero-order valence-electron chi connectivity index (χ0n) is 11.6. The lowest BCUT2D eigenvalue weighted by molar-refractivity contribution is -0.384. The van der Waals surface area contributed by atoms with E-state index in [4.69, 9.17) is 4.84 Å². The van der Waals surface area contributed by atoms with E-state index in [1.165, 1.54) is 24.3 Å². The van der Waals surface area contributed by atoms with Crippen molar-refractivity contribution in [3.8, 4) is 0 Å². The van der Waals surface area contributed by atoms with Gasteiger partial charge in [-0.3, -0.25) is 10.1 Å². The largest absolute Gasteiger partial charge is 0.623 e. The maximum Gasteiger partial charge on any atom is 0.623 e. The molecule has 0 aliphatic carbocycles. The van der Waals surface area contributed by atoms with Gasteiger partial charge in [-0.15, -0.1) is 0 Å². The molecule has 0 saturated heterocycles. The lowest BCUT2D eigenvalue weighted by atomic mass is 10.2. The second-order valence-corrected chi connectivity index (χ2v) is 4.41. The molecule has 0 aromatic heterocycles. The van der Waals surface area contributed by atoms with Crippen molar-refractivity contribution < 1.29 is 14.6 Å². The zero-order chi connectivity index (χ0) is 15.8. The lowest BCUT2D eigenvalue weighted by Gasteiger charge is -1.96. The molecule has 0 fully saturated rings. The smallest absolute Gasteiger partial charge is 0.258 e. The normalized spacial score (nSPS) is 10.5. The van der Waals surface area contributed by atoms with Crippen molar-refractivity contribution in [2.24, 2.45) is 0 Å². The molecule has 0 unspecified atom stereocenters. The number of hydrogen-bond acceptors (Lipinski definition) is 5. The Morgan fingerprint density at radius 2 is 1.86 bits per heavy atom. The average Bonchev–Trinajstić information content (AvgIpc) is 2.54. The van der Waals surface area contributed by atoms with Crippen LogP contribution >= 0.6 is 0 Å². The number of non-ortho nitro benzene ring substituents is 1. The molecule has 22 heavy (non-hydrogen) atoms. The van der Waals surface area contributed by atoms with Gasteiger partial charge >= 0.3 is 5.97 Å². The number of hydroxylamine groups is 1. The highest BCUT2D eigenvalue weighted by molar-refractivity contribution is 5.86. The summed E-state index contributed by atoms with van der Waals surface area (Å²) in [6.07, 6.45) is 2.77. The van der Waals surface area contributed by atoms with Gasteiger partial charge in [-0.2, -0.15) is 4.84 Å². The van der Waals surface area contributed by atoms with Gasteiger partial charge in [0.05, 0.1) is 22.3 Å². The molecule has 2 aromatic carbocycles. The summed E-state index contributed by atoms with van der Waals surface area (Å²) in [4.78, 5) is 26.4. The van der Waals surface area contributed by atoms with E-state index in [1.807, 2.05) is 30.3 Å². The van der Waals surface area contributed by atoms with Crippen LogP contribution in [0.4, 0.5) is 5.69 Å². The van der Waals surface area contributed by atoms with E-state index in [2.05, 4.69) is 5.48 Å². The summed E-state index contributed by atoms with van der Waals surface area (Å²) in [5.41, 5.74) is 4.24. The van der Waals surface area contributed by atoms with Crippen LogP contribution in [0, 0.1) is 10.1 Å². The molecule has 0 amide bonds. The Labute approximate surface area is 127 Å². The number of carbonyl (C=O) groups excluding carboxylic acids is 1. The molecule has 0 heterocycles. The second-order valence-electron chi connectivity index (χ2n) is 4.41. The maximum atomic E-state index is 11.5. The molecule has 0 spiro atoms. The van der Waals surface area contributed by atoms with E-state index in [9.17, 15) is 14.9 Å². The van der Waals surface area contributed by atoms with Crippen molar-refractivity contribution in [3.63, 3.8) is 0 Å². The van der Waals surface area contributed by atoms with Crippen LogP contribution in [0.1, 0.15) is 11.1 Å². The van der Waals surface area contributed by atoms with E-state index < -0.39 is 10.9 Å². The van der Waals surface area contributed by atoms with Crippen molar-refractivity contribution in [2.45, 2.75) is 6.54 Å². The number of nitrogens with zero attached hydrogens (tertiary/aromatic N) is 1. The summed E-state index contributed by atoms with van der Waals surface area (Å²) in [6, 6.07) is 15.4. The first-order chi connectivity index (χ1) is 10.6.